The van der Waals surface area contributed by atoms with Crippen LogP contribution in [-0.2, 0) is 6.54 Å². The number of β-amino-alcohol motifs (C(OH)–C–C–N with tert-alkyl or cyclic N) is 1. The average Bonchev–Trinajstić information content (AvgIpc) is 2.99. The summed E-state index contributed by atoms with van der Waals surface area (Å²) in [7, 11) is 0. The Morgan fingerprint density at radius 1 is 1.09 bits per heavy atom. The van der Waals surface area contributed by atoms with Crippen LogP contribution in [0.2, 0.25) is 5.02 Å². The fourth-order valence-electron chi connectivity index (χ4n) is 2.54. The molecule has 118 valence electrons. The summed E-state index contributed by atoms with van der Waals surface area (Å²) >= 11 is 5.88. The summed E-state index contributed by atoms with van der Waals surface area (Å²) in [5, 5.41) is 13.7. The summed E-state index contributed by atoms with van der Waals surface area (Å²) in [5.41, 5.74) is 0.896. The lowest BCUT2D eigenvalue weighted by Crippen LogP contribution is -2.46. The van der Waals surface area contributed by atoms with Gasteiger partial charge in [-0.1, -0.05) is 16.8 Å². The van der Waals surface area contributed by atoms with Crippen LogP contribution in [0.15, 0.2) is 28.8 Å². The number of hydrogen-bond donors (Lipinski definition) is 1. The van der Waals surface area contributed by atoms with Crippen LogP contribution in [0.3, 0.4) is 0 Å². The van der Waals surface area contributed by atoms with Crippen molar-refractivity contribution in [3.05, 3.63) is 35.2 Å². The fraction of sp³-hybridized carbons (Fsp3) is 0.467. The van der Waals surface area contributed by atoms with Gasteiger partial charge in [0, 0.05) is 43.3 Å². The van der Waals surface area contributed by atoms with E-state index >= 15 is 0 Å². The highest BCUT2D eigenvalue weighted by Crippen LogP contribution is 2.19. The molecule has 1 fully saturated rings. The summed E-state index contributed by atoms with van der Waals surface area (Å²) in [6, 6.07) is 7.38. The summed E-state index contributed by atoms with van der Waals surface area (Å²) in [6.45, 7) is 5.42. The molecule has 1 N–H and O–H groups in total. The molecule has 0 radical (unpaired) electrons. The maximum Gasteiger partial charge on any atom is 0.241 e. The normalized spacial score (nSPS) is 17.0. The summed E-state index contributed by atoms with van der Waals surface area (Å²) in [4.78, 5) is 8.98. The number of benzene rings is 1. The predicted octanol–water partition coefficient (Wildman–Crippen LogP) is 1.50. The van der Waals surface area contributed by atoms with Gasteiger partial charge in [-0.25, -0.2) is 0 Å². The number of aromatic nitrogens is 2. The number of nitrogens with zero attached hydrogens (tertiary/aromatic N) is 4. The van der Waals surface area contributed by atoms with Crippen molar-refractivity contribution in [2.75, 3.05) is 39.3 Å². The molecular formula is C15H19ClN4O2. The third kappa shape index (κ3) is 3.84. The summed E-state index contributed by atoms with van der Waals surface area (Å²) in [5.74, 6) is 1.21. The van der Waals surface area contributed by atoms with Crippen molar-refractivity contribution < 1.29 is 9.63 Å². The molecule has 0 unspecified atom stereocenters. The summed E-state index contributed by atoms with van der Waals surface area (Å²) < 4.78 is 5.34. The van der Waals surface area contributed by atoms with Gasteiger partial charge in [0.15, 0.2) is 0 Å². The minimum absolute atomic E-state index is 0.216. The molecule has 1 saturated heterocycles. The first-order valence-electron chi connectivity index (χ1n) is 7.39. The van der Waals surface area contributed by atoms with E-state index in [-0.39, 0.29) is 6.61 Å². The lowest BCUT2D eigenvalue weighted by Gasteiger charge is -2.33. The molecule has 6 nitrogen and oxygen atoms in total. The van der Waals surface area contributed by atoms with Crippen LogP contribution >= 0.6 is 11.6 Å². The van der Waals surface area contributed by atoms with E-state index in [1.54, 1.807) is 0 Å². The molecule has 0 spiro atoms. The Bertz CT molecular complexity index is 594. The quantitative estimate of drug-likeness (QED) is 0.900. The van der Waals surface area contributed by atoms with Gasteiger partial charge in [0.25, 0.3) is 0 Å². The molecule has 2 aromatic rings. The van der Waals surface area contributed by atoms with E-state index in [0.29, 0.717) is 23.3 Å². The first-order chi connectivity index (χ1) is 10.7. The molecular weight excluding hydrogens is 304 g/mol. The van der Waals surface area contributed by atoms with Gasteiger partial charge >= 0.3 is 0 Å². The van der Waals surface area contributed by atoms with Gasteiger partial charge < -0.3 is 9.63 Å². The maximum atomic E-state index is 8.95. The van der Waals surface area contributed by atoms with Gasteiger partial charge in [-0.2, -0.15) is 4.98 Å². The Morgan fingerprint density at radius 2 is 1.77 bits per heavy atom. The van der Waals surface area contributed by atoms with E-state index in [0.717, 1.165) is 38.3 Å². The Balaban J connectivity index is 1.57. The monoisotopic (exact) mass is 322 g/mol. The van der Waals surface area contributed by atoms with Gasteiger partial charge in [0.1, 0.15) is 0 Å². The van der Waals surface area contributed by atoms with Crippen molar-refractivity contribution in [1.29, 1.82) is 0 Å². The van der Waals surface area contributed by atoms with E-state index in [4.69, 9.17) is 21.2 Å². The van der Waals surface area contributed by atoms with Crippen molar-refractivity contribution in [2.45, 2.75) is 6.54 Å². The van der Waals surface area contributed by atoms with Gasteiger partial charge in [-0.05, 0) is 24.3 Å². The van der Waals surface area contributed by atoms with Crippen molar-refractivity contribution in [3.63, 3.8) is 0 Å². The fourth-order valence-corrected chi connectivity index (χ4v) is 2.67. The molecule has 2 heterocycles. The number of aliphatic hydroxyl groups excluding tert-OH is 1. The Hall–Kier alpha value is -1.47. The van der Waals surface area contributed by atoms with Crippen LogP contribution < -0.4 is 0 Å². The number of halogens is 1. The molecule has 0 amide bonds. The van der Waals surface area contributed by atoms with Crippen LogP contribution in [-0.4, -0.2) is 64.4 Å². The van der Waals surface area contributed by atoms with Crippen LogP contribution in [0.25, 0.3) is 11.4 Å². The molecule has 1 aliphatic heterocycles. The topological polar surface area (TPSA) is 65.6 Å². The minimum atomic E-state index is 0.216. The van der Waals surface area contributed by atoms with Crippen molar-refractivity contribution in [3.8, 4) is 11.4 Å². The van der Waals surface area contributed by atoms with Crippen LogP contribution in [0.4, 0.5) is 0 Å². The van der Waals surface area contributed by atoms with E-state index in [2.05, 4.69) is 19.9 Å². The van der Waals surface area contributed by atoms with Crippen LogP contribution in [0.5, 0.6) is 0 Å². The molecule has 1 aliphatic rings. The zero-order valence-electron chi connectivity index (χ0n) is 12.3. The van der Waals surface area contributed by atoms with Gasteiger partial charge in [0.2, 0.25) is 11.7 Å². The molecule has 22 heavy (non-hydrogen) atoms. The predicted molar refractivity (Wildman–Crippen MR) is 83.5 cm³/mol. The van der Waals surface area contributed by atoms with Crippen molar-refractivity contribution >= 4 is 11.6 Å². The van der Waals surface area contributed by atoms with Gasteiger partial charge in [-0.15, -0.1) is 0 Å². The van der Waals surface area contributed by atoms with Crippen LogP contribution in [0.1, 0.15) is 5.89 Å². The number of aliphatic hydroxyl groups is 1. The Kier molecular flexibility index (Phi) is 5.04. The second kappa shape index (κ2) is 7.19. The lowest BCUT2D eigenvalue weighted by molar-refractivity contribution is 0.101. The maximum absolute atomic E-state index is 8.95. The molecule has 0 saturated carbocycles. The molecule has 1 aromatic carbocycles. The number of rotatable bonds is 5. The van der Waals surface area contributed by atoms with Gasteiger partial charge in [-0.3, -0.25) is 9.80 Å². The molecule has 1 aromatic heterocycles. The second-order valence-corrected chi connectivity index (χ2v) is 5.80. The zero-order chi connectivity index (χ0) is 15.4. The van der Waals surface area contributed by atoms with Crippen LogP contribution in [0, 0.1) is 0 Å². The smallest absolute Gasteiger partial charge is 0.241 e. The highest BCUT2D eigenvalue weighted by atomic mass is 35.5. The van der Waals surface area contributed by atoms with E-state index in [1.807, 2.05) is 24.3 Å². The summed E-state index contributed by atoms with van der Waals surface area (Å²) in [6.07, 6.45) is 0. The molecule has 3 rings (SSSR count). The average molecular weight is 323 g/mol. The van der Waals surface area contributed by atoms with E-state index in [1.165, 1.54) is 0 Å². The lowest BCUT2D eigenvalue weighted by atomic mass is 10.2. The van der Waals surface area contributed by atoms with Gasteiger partial charge in [0.05, 0.1) is 13.2 Å². The van der Waals surface area contributed by atoms with Crippen molar-refractivity contribution in [2.24, 2.45) is 0 Å². The number of hydrogen-bond acceptors (Lipinski definition) is 6. The highest BCUT2D eigenvalue weighted by molar-refractivity contribution is 6.30. The second-order valence-electron chi connectivity index (χ2n) is 5.36. The third-order valence-corrected chi connectivity index (χ3v) is 4.06. The van der Waals surface area contributed by atoms with E-state index in [9.17, 15) is 0 Å². The largest absolute Gasteiger partial charge is 0.395 e. The molecule has 0 atom stereocenters. The first kappa shape index (κ1) is 15.4. The minimum Gasteiger partial charge on any atom is -0.395 e. The zero-order valence-corrected chi connectivity index (χ0v) is 13.0. The SMILES string of the molecule is OCCN1CCN(Cc2nc(-c3ccc(Cl)cc3)no2)CC1. The molecule has 0 aliphatic carbocycles. The highest BCUT2D eigenvalue weighted by Gasteiger charge is 2.19. The number of piperazine rings is 1. The third-order valence-electron chi connectivity index (χ3n) is 3.81. The Labute approximate surface area is 134 Å². The molecule has 0 bridgehead atoms. The standard InChI is InChI=1S/C15H19ClN4O2/c16-13-3-1-12(2-4-13)15-17-14(22-18-15)11-20-7-5-19(6-8-20)9-10-21/h1-4,21H,5-11H2. The molecule has 7 heteroatoms. The Morgan fingerprint density at radius 3 is 2.45 bits per heavy atom. The first-order valence-corrected chi connectivity index (χ1v) is 7.76. The van der Waals surface area contributed by atoms with Crippen molar-refractivity contribution in [1.82, 2.24) is 19.9 Å². The van der Waals surface area contributed by atoms with E-state index < -0.39 is 0 Å².